The van der Waals surface area contributed by atoms with Gasteiger partial charge in [0, 0.05) is 50.5 Å². The Balaban J connectivity index is 1.46. The average molecular weight is 345 g/mol. The Morgan fingerprint density at radius 2 is 1.65 bits per heavy atom. The zero-order chi connectivity index (χ0) is 17.9. The van der Waals surface area contributed by atoms with Crippen LogP contribution < -0.4 is 4.90 Å². The number of nitrogens with zero attached hydrogens (tertiary/aromatic N) is 3. The van der Waals surface area contributed by atoms with E-state index < -0.39 is 0 Å². The van der Waals surface area contributed by atoms with Crippen LogP contribution in [0.15, 0.2) is 73.1 Å². The van der Waals surface area contributed by atoms with E-state index in [-0.39, 0.29) is 5.91 Å². The second-order valence-corrected chi connectivity index (χ2v) is 6.80. The maximum Gasteiger partial charge on any atom is 0.227 e. The maximum absolute atomic E-state index is 12.9. The number of fused-ring (bicyclic) bond motifs is 1. The molecular weight excluding hydrogens is 322 g/mol. The van der Waals surface area contributed by atoms with E-state index in [1.165, 1.54) is 11.3 Å². The first kappa shape index (κ1) is 16.5. The van der Waals surface area contributed by atoms with Crippen LogP contribution in [0.2, 0.25) is 0 Å². The number of hydrogen-bond donors (Lipinski definition) is 0. The third kappa shape index (κ3) is 3.36. The zero-order valence-electron chi connectivity index (χ0n) is 15.0. The van der Waals surface area contributed by atoms with Gasteiger partial charge in [-0.1, -0.05) is 30.3 Å². The van der Waals surface area contributed by atoms with Crippen LogP contribution >= 0.6 is 0 Å². The lowest BCUT2D eigenvalue weighted by Gasteiger charge is -2.21. The summed E-state index contributed by atoms with van der Waals surface area (Å²) in [6, 6.07) is 20.6. The summed E-state index contributed by atoms with van der Waals surface area (Å²) < 4.78 is 2.06. The average Bonchev–Trinajstić information content (AvgIpc) is 3.14. The topological polar surface area (TPSA) is 28.5 Å². The van der Waals surface area contributed by atoms with Crippen molar-refractivity contribution in [1.82, 2.24) is 9.47 Å². The summed E-state index contributed by atoms with van der Waals surface area (Å²) in [7, 11) is 2.09. The number of amides is 1. The summed E-state index contributed by atoms with van der Waals surface area (Å²) in [6.07, 6.45) is 4.48. The lowest BCUT2D eigenvalue weighted by atomic mass is 10.1. The zero-order valence-corrected chi connectivity index (χ0v) is 15.0. The highest BCUT2D eigenvalue weighted by Crippen LogP contribution is 2.24. The second-order valence-electron chi connectivity index (χ2n) is 6.80. The Morgan fingerprint density at radius 3 is 2.42 bits per heavy atom. The minimum absolute atomic E-state index is 0.184. The highest BCUT2D eigenvalue weighted by atomic mass is 16.2. The molecule has 2 heterocycles. The molecule has 2 aromatic carbocycles. The number of hydrogen-bond acceptors (Lipinski definition) is 2. The number of para-hydroxylation sites is 1. The summed E-state index contributed by atoms with van der Waals surface area (Å²) in [4.78, 5) is 17.1. The minimum atomic E-state index is 0.184. The SMILES string of the molecule is CN1CCN(C(=O)Cc2ccc(-n3cccc3)cc2)Cc2ccccc21. The third-order valence-corrected chi connectivity index (χ3v) is 5.02. The van der Waals surface area contributed by atoms with Gasteiger partial charge in [0.05, 0.1) is 6.42 Å². The van der Waals surface area contributed by atoms with E-state index in [1.54, 1.807) is 0 Å². The van der Waals surface area contributed by atoms with Crippen LogP contribution in [-0.4, -0.2) is 35.5 Å². The summed E-state index contributed by atoms with van der Waals surface area (Å²) in [6.45, 7) is 2.29. The van der Waals surface area contributed by atoms with Gasteiger partial charge in [-0.15, -0.1) is 0 Å². The molecule has 0 radical (unpaired) electrons. The molecule has 0 bridgehead atoms. The molecule has 0 saturated carbocycles. The highest BCUT2D eigenvalue weighted by Gasteiger charge is 2.21. The molecule has 0 fully saturated rings. The predicted octanol–water partition coefficient (Wildman–Crippen LogP) is 3.50. The normalized spacial score (nSPS) is 14.0. The molecule has 0 unspecified atom stereocenters. The first-order valence-electron chi connectivity index (χ1n) is 9.00. The van der Waals surface area contributed by atoms with Gasteiger partial charge in [-0.2, -0.15) is 0 Å². The van der Waals surface area contributed by atoms with Gasteiger partial charge in [-0.25, -0.2) is 0 Å². The molecule has 0 spiro atoms. The van der Waals surface area contributed by atoms with Crippen molar-refractivity contribution in [3.05, 3.63) is 84.2 Å². The number of aromatic nitrogens is 1. The highest BCUT2D eigenvalue weighted by molar-refractivity contribution is 5.79. The Morgan fingerprint density at radius 1 is 0.923 bits per heavy atom. The molecule has 4 nitrogen and oxygen atoms in total. The van der Waals surface area contributed by atoms with Crippen molar-refractivity contribution in [3.63, 3.8) is 0 Å². The Bertz CT molecular complexity index is 884. The van der Waals surface area contributed by atoms with E-state index in [1.807, 2.05) is 47.6 Å². The largest absolute Gasteiger partial charge is 0.373 e. The first-order valence-corrected chi connectivity index (χ1v) is 9.00. The minimum Gasteiger partial charge on any atom is -0.373 e. The number of likely N-dealkylation sites (N-methyl/N-ethyl adjacent to an activating group) is 1. The van der Waals surface area contributed by atoms with Gasteiger partial charge < -0.3 is 14.4 Å². The molecule has 132 valence electrons. The molecule has 0 atom stereocenters. The van der Waals surface area contributed by atoms with Crippen molar-refractivity contribution in [3.8, 4) is 5.69 Å². The Hall–Kier alpha value is -3.01. The van der Waals surface area contributed by atoms with Crippen LogP contribution in [0.1, 0.15) is 11.1 Å². The van der Waals surface area contributed by atoms with Crippen molar-refractivity contribution >= 4 is 11.6 Å². The Labute approximate surface area is 154 Å². The number of benzene rings is 2. The van der Waals surface area contributed by atoms with E-state index in [0.717, 1.165) is 24.3 Å². The number of carbonyl (C=O) groups excluding carboxylic acids is 1. The third-order valence-electron chi connectivity index (χ3n) is 5.02. The van der Waals surface area contributed by atoms with Crippen LogP contribution in [0.3, 0.4) is 0 Å². The van der Waals surface area contributed by atoms with Crippen LogP contribution in [0, 0.1) is 0 Å². The molecule has 4 rings (SSSR count). The summed E-state index contributed by atoms with van der Waals surface area (Å²) in [5.74, 6) is 0.184. The van der Waals surface area contributed by atoms with Crippen LogP contribution in [0.5, 0.6) is 0 Å². The summed E-state index contributed by atoms with van der Waals surface area (Å²) in [5.41, 5.74) is 4.59. The number of carbonyl (C=O) groups is 1. The molecule has 26 heavy (non-hydrogen) atoms. The summed E-state index contributed by atoms with van der Waals surface area (Å²) >= 11 is 0. The lowest BCUT2D eigenvalue weighted by molar-refractivity contribution is -0.130. The molecule has 1 amide bonds. The van der Waals surface area contributed by atoms with Gasteiger partial charge in [0.15, 0.2) is 0 Å². The van der Waals surface area contributed by atoms with Crippen molar-refractivity contribution in [2.24, 2.45) is 0 Å². The van der Waals surface area contributed by atoms with E-state index in [2.05, 4.69) is 46.8 Å². The Kier molecular flexibility index (Phi) is 4.48. The maximum atomic E-state index is 12.9. The van der Waals surface area contributed by atoms with Crippen molar-refractivity contribution in [1.29, 1.82) is 0 Å². The molecule has 0 aliphatic carbocycles. The van der Waals surface area contributed by atoms with Gasteiger partial charge in [-0.05, 0) is 41.5 Å². The van der Waals surface area contributed by atoms with Crippen molar-refractivity contribution < 1.29 is 4.79 Å². The number of anilines is 1. The van der Waals surface area contributed by atoms with E-state index in [9.17, 15) is 4.79 Å². The van der Waals surface area contributed by atoms with Crippen LogP contribution in [0.4, 0.5) is 5.69 Å². The molecule has 0 N–H and O–H groups in total. The first-order chi connectivity index (χ1) is 12.7. The van der Waals surface area contributed by atoms with Gasteiger partial charge >= 0.3 is 0 Å². The molecule has 0 saturated heterocycles. The molecular formula is C22H23N3O. The lowest BCUT2D eigenvalue weighted by Crippen LogP contribution is -2.35. The van der Waals surface area contributed by atoms with Gasteiger partial charge in [-0.3, -0.25) is 4.79 Å². The van der Waals surface area contributed by atoms with E-state index in [4.69, 9.17) is 0 Å². The standard InChI is InChI=1S/C22H23N3O/c1-23-14-15-25(17-19-6-2-3-7-21(19)23)22(26)16-18-8-10-20(11-9-18)24-12-4-5-13-24/h2-13H,14-17H2,1H3. The molecule has 1 aliphatic rings. The summed E-state index contributed by atoms with van der Waals surface area (Å²) in [5, 5.41) is 0. The number of rotatable bonds is 3. The van der Waals surface area contributed by atoms with Crippen molar-refractivity contribution in [2.75, 3.05) is 25.0 Å². The van der Waals surface area contributed by atoms with Gasteiger partial charge in [0.2, 0.25) is 5.91 Å². The van der Waals surface area contributed by atoms with Crippen LogP contribution in [-0.2, 0) is 17.8 Å². The monoisotopic (exact) mass is 345 g/mol. The molecule has 1 aromatic heterocycles. The van der Waals surface area contributed by atoms with Crippen LogP contribution in [0.25, 0.3) is 5.69 Å². The van der Waals surface area contributed by atoms with Gasteiger partial charge in [0.25, 0.3) is 0 Å². The van der Waals surface area contributed by atoms with E-state index in [0.29, 0.717) is 13.0 Å². The van der Waals surface area contributed by atoms with E-state index >= 15 is 0 Å². The fraction of sp³-hybridized carbons (Fsp3) is 0.227. The van der Waals surface area contributed by atoms with Gasteiger partial charge in [0.1, 0.15) is 0 Å². The fourth-order valence-electron chi connectivity index (χ4n) is 3.48. The van der Waals surface area contributed by atoms with Crippen molar-refractivity contribution in [2.45, 2.75) is 13.0 Å². The fourth-order valence-corrected chi connectivity index (χ4v) is 3.48. The molecule has 1 aliphatic heterocycles. The quantitative estimate of drug-likeness (QED) is 0.727. The smallest absolute Gasteiger partial charge is 0.227 e. The second kappa shape index (κ2) is 7.08. The predicted molar refractivity (Wildman–Crippen MR) is 105 cm³/mol. The molecule has 4 heteroatoms. The molecule has 3 aromatic rings.